The van der Waals surface area contributed by atoms with E-state index < -0.39 is 12.1 Å². The number of carbonyl (C=O) groups is 2. The van der Waals surface area contributed by atoms with Gasteiger partial charge in [-0.25, -0.2) is 0 Å². The summed E-state index contributed by atoms with van der Waals surface area (Å²) in [5.74, 6) is -0.0531. The first-order valence-corrected chi connectivity index (χ1v) is 27.9. The van der Waals surface area contributed by atoms with E-state index in [1.54, 1.807) is 0 Å². The SMILES string of the molecule is CCCCCCCC/C=C\CCCCCCCC(=O)OCCCCCCCCCCCCCCCCC(=O)NC(CO)C(O)CCCCCCCCCCCCCCCCCC. The third kappa shape index (κ3) is 48.1. The Balaban J connectivity index is 3.44. The number of ether oxygens (including phenoxy) is 1. The molecule has 0 radical (unpaired) electrons. The zero-order valence-electron chi connectivity index (χ0n) is 41.9. The number of hydrogen-bond donors (Lipinski definition) is 3. The van der Waals surface area contributed by atoms with Crippen molar-refractivity contribution in [3.8, 4) is 0 Å². The lowest BCUT2D eigenvalue weighted by Crippen LogP contribution is -2.45. The average molecular weight is 876 g/mol. The number of nitrogens with one attached hydrogen (secondary N) is 1. The highest BCUT2D eigenvalue weighted by molar-refractivity contribution is 5.76. The monoisotopic (exact) mass is 876 g/mol. The molecule has 0 aliphatic heterocycles. The van der Waals surface area contributed by atoms with E-state index in [1.807, 2.05) is 0 Å². The van der Waals surface area contributed by atoms with Gasteiger partial charge in [-0.05, 0) is 51.4 Å². The molecule has 0 spiro atoms. The largest absolute Gasteiger partial charge is 0.466 e. The predicted octanol–water partition coefficient (Wildman–Crippen LogP) is 16.9. The Morgan fingerprint density at radius 1 is 0.435 bits per heavy atom. The molecule has 0 saturated carbocycles. The molecule has 0 aliphatic carbocycles. The van der Waals surface area contributed by atoms with Crippen molar-refractivity contribution in [2.45, 2.75) is 321 Å². The van der Waals surface area contributed by atoms with Crippen molar-refractivity contribution in [1.82, 2.24) is 5.32 Å². The van der Waals surface area contributed by atoms with Crippen LogP contribution in [0.5, 0.6) is 0 Å². The van der Waals surface area contributed by atoms with Gasteiger partial charge in [-0.3, -0.25) is 9.59 Å². The van der Waals surface area contributed by atoms with Crippen LogP contribution in [-0.2, 0) is 14.3 Å². The fourth-order valence-electron chi connectivity index (χ4n) is 8.75. The Morgan fingerprint density at radius 3 is 1.15 bits per heavy atom. The van der Waals surface area contributed by atoms with Gasteiger partial charge in [-0.15, -0.1) is 0 Å². The van der Waals surface area contributed by atoms with E-state index in [0.29, 0.717) is 25.9 Å². The van der Waals surface area contributed by atoms with Crippen molar-refractivity contribution in [2.24, 2.45) is 0 Å². The molecule has 0 heterocycles. The smallest absolute Gasteiger partial charge is 0.305 e. The van der Waals surface area contributed by atoms with Crippen LogP contribution in [0.15, 0.2) is 12.2 Å². The molecule has 0 aromatic heterocycles. The number of rotatable bonds is 52. The summed E-state index contributed by atoms with van der Waals surface area (Å²) in [5, 5.41) is 23.3. The van der Waals surface area contributed by atoms with Crippen molar-refractivity contribution in [2.75, 3.05) is 13.2 Å². The summed E-state index contributed by atoms with van der Waals surface area (Å²) in [7, 11) is 0. The van der Waals surface area contributed by atoms with Crippen LogP contribution >= 0.6 is 0 Å². The summed E-state index contributed by atoms with van der Waals surface area (Å²) >= 11 is 0. The minimum atomic E-state index is -0.671. The van der Waals surface area contributed by atoms with Crippen molar-refractivity contribution >= 4 is 11.9 Å². The maximum Gasteiger partial charge on any atom is 0.305 e. The summed E-state index contributed by atoms with van der Waals surface area (Å²) in [6.07, 6.45) is 60.4. The van der Waals surface area contributed by atoms with Gasteiger partial charge in [0.1, 0.15) is 0 Å². The molecule has 2 unspecified atom stereocenters. The Hall–Kier alpha value is -1.40. The molecule has 368 valence electrons. The summed E-state index contributed by atoms with van der Waals surface area (Å²) in [6, 6.07) is -0.549. The molecule has 0 aromatic carbocycles. The Bertz CT molecular complexity index is 924. The minimum Gasteiger partial charge on any atom is -0.466 e. The third-order valence-electron chi connectivity index (χ3n) is 13.1. The zero-order chi connectivity index (χ0) is 45.1. The number of hydrogen-bond acceptors (Lipinski definition) is 5. The number of aliphatic hydroxyl groups is 2. The van der Waals surface area contributed by atoms with Crippen molar-refractivity contribution in [1.29, 1.82) is 0 Å². The molecule has 0 bridgehead atoms. The molecule has 6 heteroatoms. The molecule has 0 aromatic rings. The molecule has 2 atom stereocenters. The van der Waals surface area contributed by atoms with Gasteiger partial charge in [0.2, 0.25) is 5.91 Å². The normalized spacial score (nSPS) is 12.6. The first-order chi connectivity index (χ1) is 30.5. The van der Waals surface area contributed by atoms with Crippen molar-refractivity contribution in [3.05, 3.63) is 12.2 Å². The number of aliphatic hydroxyl groups excluding tert-OH is 2. The van der Waals surface area contributed by atoms with E-state index in [4.69, 9.17) is 4.74 Å². The second-order valence-corrected chi connectivity index (χ2v) is 19.3. The van der Waals surface area contributed by atoms with Gasteiger partial charge in [0, 0.05) is 12.8 Å². The average Bonchev–Trinajstić information content (AvgIpc) is 3.27. The standard InChI is InChI=1S/C56H109NO5/c1-3-5-7-9-11-13-15-17-19-21-24-28-32-36-40-44-48-54(59)53(52-58)57-55(60)49-45-41-37-33-29-25-22-23-27-31-35-39-43-47-51-62-56(61)50-46-42-38-34-30-26-20-18-16-14-12-10-8-6-4-2/h18,20,53-54,58-59H,3-17,19,21-52H2,1-2H3,(H,57,60)/b20-18-. The fraction of sp³-hybridized carbons (Fsp3) is 0.929. The van der Waals surface area contributed by atoms with Gasteiger partial charge < -0.3 is 20.3 Å². The molecule has 1 amide bonds. The molecule has 0 aliphatic rings. The van der Waals surface area contributed by atoms with E-state index in [-0.39, 0.29) is 18.5 Å². The van der Waals surface area contributed by atoms with Crippen LogP contribution in [-0.4, -0.2) is 47.4 Å². The Kier molecular flexibility index (Phi) is 51.0. The summed E-state index contributed by atoms with van der Waals surface area (Å²) in [5.41, 5.74) is 0. The number of amides is 1. The van der Waals surface area contributed by atoms with E-state index in [1.165, 1.54) is 225 Å². The number of unbranched alkanes of at least 4 members (excludes halogenated alkanes) is 39. The van der Waals surface area contributed by atoms with Gasteiger partial charge in [0.25, 0.3) is 0 Å². The van der Waals surface area contributed by atoms with Gasteiger partial charge in [0.15, 0.2) is 0 Å². The topological polar surface area (TPSA) is 95.9 Å². The maximum absolute atomic E-state index is 12.5. The number of allylic oxidation sites excluding steroid dienone is 2. The molecule has 0 saturated heterocycles. The summed E-state index contributed by atoms with van der Waals surface area (Å²) in [4.78, 5) is 24.5. The van der Waals surface area contributed by atoms with Gasteiger partial charge in [-0.1, -0.05) is 257 Å². The summed E-state index contributed by atoms with van der Waals surface area (Å²) in [6.45, 7) is 4.94. The predicted molar refractivity (Wildman–Crippen MR) is 269 cm³/mol. The van der Waals surface area contributed by atoms with E-state index >= 15 is 0 Å². The second kappa shape index (κ2) is 52.2. The minimum absolute atomic E-state index is 0.00945. The lowest BCUT2D eigenvalue weighted by atomic mass is 10.0. The van der Waals surface area contributed by atoms with E-state index in [2.05, 4.69) is 31.3 Å². The van der Waals surface area contributed by atoms with Gasteiger partial charge >= 0.3 is 5.97 Å². The van der Waals surface area contributed by atoms with E-state index in [9.17, 15) is 19.8 Å². The molecular formula is C56H109NO5. The number of esters is 1. The van der Waals surface area contributed by atoms with E-state index in [0.717, 1.165) is 51.4 Å². The molecule has 6 nitrogen and oxygen atoms in total. The highest BCUT2D eigenvalue weighted by Crippen LogP contribution is 2.17. The molecular weight excluding hydrogens is 767 g/mol. The Labute approximate surface area is 387 Å². The lowest BCUT2D eigenvalue weighted by Gasteiger charge is -2.22. The first-order valence-electron chi connectivity index (χ1n) is 27.9. The summed E-state index contributed by atoms with van der Waals surface area (Å²) < 4.78 is 5.47. The van der Waals surface area contributed by atoms with Crippen LogP contribution in [0.1, 0.15) is 309 Å². The highest BCUT2D eigenvalue weighted by atomic mass is 16.5. The van der Waals surface area contributed by atoms with Crippen LogP contribution in [0, 0.1) is 0 Å². The Morgan fingerprint density at radius 2 is 0.758 bits per heavy atom. The molecule has 0 fully saturated rings. The van der Waals surface area contributed by atoms with Crippen molar-refractivity contribution in [3.63, 3.8) is 0 Å². The van der Waals surface area contributed by atoms with Crippen LogP contribution in [0.4, 0.5) is 0 Å². The van der Waals surface area contributed by atoms with Gasteiger partial charge in [-0.2, -0.15) is 0 Å². The van der Waals surface area contributed by atoms with Crippen LogP contribution in [0.2, 0.25) is 0 Å². The lowest BCUT2D eigenvalue weighted by molar-refractivity contribution is -0.143. The van der Waals surface area contributed by atoms with Crippen LogP contribution < -0.4 is 5.32 Å². The zero-order valence-corrected chi connectivity index (χ0v) is 41.9. The quantitative estimate of drug-likeness (QED) is 0.0321. The fourth-order valence-corrected chi connectivity index (χ4v) is 8.75. The maximum atomic E-state index is 12.5. The van der Waals surface area contributed by atoms with Crippen LogP contribution in [0.3, 0.4) is 0 Å². The first kappa shape index (κ1) is 60.6. The third-order valence-corrected chi connectivity index (χ3v) is 13.1. The molecule has 62 heavy (non-hydrogen) atoms. The highest BCUT2D eigenvalue weighted by Gasteiger charge is 2.20. The van der Waals surface area contributed by atoms with Crippen LogP contribution in [0.25, 0.3) is 0 Å². The molecule has 0 rings (SSSR count). The van der Waals surface area contributed by atoms with Crippen molar-refractivity contribution < 1.29 is 24.5 Å². The molecule has 3 N–H and O–H groups in total. The number of carbonyl (C=O) groups excluding carboxylic acids is 2. The second-order valence-electron chi connectivity index (χ2n) is 19.3. The van der Waals surface area contributed by atoms with Gasteiger partial charge in [0.05, 0.1) is 25.4 Å².